The molecule has 1 aliphatic rings. The van der Waals surface area contributed by atoms with Gasteiger partial charge in [-0.2, -0.15) is 0 Å². The number of aliphatic hydroxyl groups excluding tert-OH is 4. The molecule has 0 aliphatic carbocycles. The van der Waals surface area contributed by atoms with Crippen LogP contribution in [0.2, 0.25) is 0 Å². The van der Waals surface area contributed by atoms with Crippen LogP contribution in [-0.4, -0.2) is 73.6 Å². The first kappa shape index (κ1) is 18.8. The van der Waals surface area contributed by atoms with Gasteiger partial charge in [-0.15, -0.1) is 5.10 Å². The number of hydrogen-bond acceptors (Lipinski definition) is 8. The molecule has 9 nitrogen and oxygen atoms in total. The average molecular weight is 386 g/mol. The lowest BCUT2D eigenvalue weighted by Gasteiger charge is -2.39. The Morgan fingerprint density at radius 3 is 2.54 bits per heavy atom. The summed E-state index contributed by atoms with van der Waals surface area (Å²) in [6.07, 6.45) is -4.82. The number of rotatable bonds is 4. The van der Waals surface area contributed by atoms with E-state index in [-0.39, 0.29) is 0 Å². The number of aromatic nitrogens is 3. The van der Waals surface area contributed by atoms with Crippen LogP contribution in [0.25, 0.3) is 22.0 Å². The molecule has 0 bridgehead atoms. The molecule has 1 aliphatic heterocycles. The van der Waals surface area contributed by atoms with Crippen molar-refractivity contribution >= 4 is 10.8 Å². The quantitative estimate of drug-likeness (QED) is 0.496. The predicted octanol–water partition coefficient (Wildman–Crippen LogP) is 0.0793. The minimum Gasteiger partial charge on any atom is -0.497 e. The Labute approximate surface area is 160 Å². The van der Waals surface area contributed by atoms with Gasteiger partial charge in [-0.25, -0.2) is 4.68 Å². The fourth-order valence-corrected chi connectivity index (χ4v) is 3.34. The Bertz CT molecular complexity index is 975. The summed E-state index contributed by atoms with van der Waals surface area (Å²) in [5.74, 6) is 0.772. The van der Waals surface area contributed by atoms with Crippen LogP contribution >= 0.6 is 0 Å². The van der Waals surface area contributed by atoms with E-state index in [1.54, 1.807) is 13.3 Å². The number of hydrogen-bond donors (Lipinski definition) is 4. The molecule has 0 unspecified atom stereocenters. The van der Waals surface area contributed by atoms with Crippen LogP contribution in [0.15, 0.2) is 42.6 Å². The number of ether oxygens (including phenoxy) is 2. The zero-order chi connectivity index (χ0) is 19.8. The number of fused-ring (bicyclic) bond motifs is 1. The molecular formula is C19H21N3O6. The second kappa shape index (κ2) is 7.46. The molecule has 9 heteroatoms. The van der Waals surface area contributed by atoms with E-state index in [0.717, 1.165) is 22.1 Å². The molecule has 1 aromatic heterocycles. The van der Waals surface area contributed by atoms with Crippen molar-refractivity contribution in [3.05, 3.63) is 42.6 Å². The van der Waals surface area contributed by atoms with Crippen LogP contribution in [0.4, 0.5) is 0 Å². The molecule has 0 saturated carbocycles. The minimum absolute atomic E-state index is 0.503. The molecule has 148 valence electrons. The molecule has 28 heavy (non-hydrogen) atoms. The van der Waals surface area contributed by atoms with Crippen LogP contribution in [0.5, 0.6) is 5.75 Å². The van der Waals surface area contributed by atoms with E-state index in [9.17, 15) is 20.4 Å². The molecule has 1 saturated heterocycles. The first-order valence-electron chi connectivity index (χ1n) is 8.82. The number of aliphatic hydroxyl groups is 4. The van der Waals surface area contributed by atoms with Crippen molar-refractivity contribution in [1.82, 2.24) is 15.0 Å². The average Bonchev–Trinajstić information content (AvgIpc) is 3.21. The molecule has 0 spiro atoms. The summed E-state index contributed by atoms with van der Waals surface area (Å²) in [6, 6.07) is 11.5. The van der Waals surface area contributed by atoms with Crippen LogP contribution in [-0.2, 0) is 4.74 Å². The van der Waals surface area contributed by atoms with Crippen LogP contribution in [0.3, 0.4) is 0 Å². The van der Waals surface area contributed by atoms with Crippen LogP contribution < -0.4 is 4.74 Å². The standard InChI is InChI=1S/C19H21N3O6/c1-27-13-5-4-10-6-12(3-2-11(10)7-13)14-8-22(21-20-14)19-18(26)17(25)16(24)15(9-23)28-19/h2-8,15-19,23-26H,9H2,1H3/t15-,16+,17+,18-,19-/m1/s1/i1-1. The molecule has 2 heterocycles. The molecule has 0 radical (unpaired) electrons. The van der Waals surface area contributed by atoms with Crippen molar-refractivity contribution in [3.8, 4) is 17.0 Å². The van der Waals surface area contributed by atoms with Crippen LogP contribution in [0, 0.1) is 0 Å². The van der Waals surface area contributed by atoms with Gasteiger partial charge in [-0.05, 0) is 29.0 Å². The van der Waals surface area contributed by atoms with Crippen LogP contribution in [0.1, 0.15) is 6.23 Å². The lowest BCUT2D eigenvalue weighted by molar-refractivity contribution is -0.254. The highest BCUT2D eigenvalue weighted by molar-refractivity contribution is 5.87. The fourth-order valence-electron chi connectivity index (χ4n) is 3.34. The predicted molar refractivity (Wildman–Crippen MR) is 98.5 cm³/mol. The molecule has 5 atom stereocenters. The Morgan fingerprint density at radius 1 is 1.04 bits per heavy atom. The van der Waals surface area contributed by atoms with E-state index >= 15 is 0 Å². The molecule has 4 rings (SSSR count). The van der Waals surface area contributed by atoms with Crippen molar-refractivity contribution in [3.63, 3.8) is 0 Å². The topological polar surface area (TPSA) is 130 Å². The first-order valence-corrected chi connectivity index (χ1v) is 8.82. The Morgan fingerprint density at radius 2 is 1.79 bits per heavy atom. The summed E-state index contributed by atoms with van der Waals surface area (Å²) >= 11 is 0. The van der Waals surface area contributed by atoms with Gasteiger partial charge in [-0.1, -0.05) is 23.4 Å². The van der Waals surface area contributed by atoms with Crippen molar-refractivity contribution in [2.24, 2.45) is 0 Å². The zero-order valence-corrected chi connectivity index (χ0v) is 15.1. The van der Waals surface area contributed by atoms with Gasteiger partial charge in [0.25, 0.3) is 0 Å². The molecule has 3 aromatic rings. The summed E-state index contributed by atoms with van der Waals surface area (Å²) in [7, 11) is 1.62. The summed E-state index contributed by atoms with van der Waals surface area (Å²) in [6.45, 7) is -0.503. The van der Waals surface area contributed by atoms with E-state index in [2.05, 4.69) is 10.3 Å². The lowest BCUT2D eigenvalue weighted by Crippen LogP contribution is -2.56. The van der Waals surface area contributed by atoms with Gasteiger partial charge in [0, 0.05) is 5.56 Å². The number of benzene rings is 2. The highest BCUT2D eigenvalue weighted by atomic mass is 16.6. The van der Waals surface area contributed by atoms with E-state index in [1.807, 2.05) is 36.4 Å². The van der Waals surface area contributed by atoms with Crippen molar-refractivity contribution in [1.29, 1.82) is 0 Å². The number of methoxy groups -OCH3 is 1. The second-order valence-corrected chi connectivity index (χ2v) is 6.73. The van der Waals surface area contributed by atoms with Crippen molar-refractivity contribution < 1.29 is 29.9 Å². The summed E-state index contributed by atoms with van der Waals surface area (Å²) in [5.41, 5.74) is 1.36. The molecule has 0 amide bonds. The Kier molecular flexibility index (Phi) is 5.00. The summed E-state index contributed by atoms with van der Waals surface area (Å²) < 4.78 is 12.0. The lowest BCUT2D eigenvalue weighted by atomic mass is 9.98. The molecule has 4 N–H and O–H groups in total. The Hall–Kier alpha value is -2.56. The van der Waals surface area contributed by atoms with E-state index in [4.69, 9.17) is 9.47 Å². The Balaban J connectivity index is 1.63. The SMILES string of the molecule is [11CH3]Oc1ccc2cc(-c3cn([C@@H]4O[C@H](CO)[C@H](O)[C@H](O)[C@H]4O)nn3)ccc2c1. The zero-order valence-electron chi connectivity index (χ0n) is 15.1. The van der Waals surface area contributed by atoms with Gasteiger partial charge in [-0.3, -0.25) is 0 Å². The molecular weight excluding hydrogens is 365 g/mol. The normalized spacial score (nSPS) is 27.8. The third-order valence-corrected chi connectivity index (χ3v) is 4.98. The maximum absolute atomic E-state index is 10.2. The van der Waals surface area contributed by atoms with Gasteiger partial charge in [0.15, 0.2) is 6.23 Å². The highest BCUT2D eigenvalue weighted by Crippen LogP contribution is 2.30. The number of nitrogens with zero attached hydrogens (tertiary/aromatic N) is 3. The van der Waals surface area contributed by atoms with E-state index < -0.39 is 37.3 Å². The van der Waals surface area contributed by atoms with Gasteiger partial charge < -0.3 is 29.9 Å². The second-order valence-electron chi connectivity index (χ2n) is 6.73. The third kappa shape index (κ3) is 3.23. The van der Waals surface area contributed by atoms with E-state index in [0.29, 0.717) is 5.69 Å². The molecule has 1 fully saturated rings. The van der Waals surface area contributed by atoms with Gasteiger partial charge >= 0.3 is 0 Å². The highest BCUT2D eigenvalue weighted by Gasteiger charge is 2.44. The maximum atomic E-state index is 10.2. The summed E-state index contributed by atoms with van der Waals surface area (Å²) in [4.78, 5) is 0. The third-order valence-electron chi connectivity index (χ3n) is 4.98. The largest absolute Gasteiger partial charge is 0.497 e. The van der Waals surface area contributed by atoms with E-state index in [1.165, 1.54) is 4.68 Å². The summed E-state index contributed by atoms with van der Waals surface area (Å²) in [5, 5.41) is 49.5. The maximum Gasteiger partial charge on any atom is 0.180 e. The smallest absolute Gasteiger partial charge is 0.180 e. The van der Waals surface area contributed by atoms with Gasteiger partial charge in [0.2, 0.25) is 0 Å². The van der Waals surface area contributed by atoms with Crippen molar-refractivity contribution in [2.45, 2.75) is 30.6 Å². The van der Waals surface area contributed by atoms with Crippen molar-refractivity contribution in [2.75, 3.05) is 13.7 Å². The molecule has 2 aromatic carbocycles. The fraction of sp³-hybridized carbons (Fsp3) is 0.368. The van der Waals surface area contributed by atoms with Gasteiger partial charge in [0.05, 0.1) is 19.9 Å². The first-order chi connectivity index (χ1) is 13.5. The minimum atomic E-state index is -1.47. The monoisotopic (exact) mass is 386 g/mol. The van der Waals surface area contributed by atoms with Gasteiger partial charge in [0.1, 0.15) is 35.9 Å².